The molecule has 1 saturated heterocycles. The van der Waals surface area contributed by atoms with Gasteiger partial charge in [-0.1, -0.05) is 18.2 Å². The first-order chi connectivity index (χ1) is 13.6. The van der Waals surface area contributed by atoms with E-state index in [-0.39, 0.29) is 12.5 Å². The maximum Gasteiger partial charge on any atom is 0.255 e. The van der Waals surface area contributed by atoms with E-state index in [0.717, 1.165) is 42.9 Å². The number of aromatic nitrogens is 1. The van der Waals surface area contributed by atoms with Crippen molar-refractivity contribution in [3.05, 3.63) is 71.3 Å². The number of carbonyl (C=O) groups excluding carboxylic acids is 1. The Balaban J connectivity index is 1.54. The average molecular weight is 381 g/mol. The Hall–Kier alpha value is -3.02. The molecule has 0 unspecified atom stereocenters. The molecule has 1 amide bonds. The molecule has 28 heavy (non-hydrogen) atoms. The maximum atomic E-state index is 13.3. The monoisotopic (exact) mass is 381 g/mol. The zero-order chi connectivity index (χ0) is 19.5. The summed E-state index contributed by atoms with van der Waals surface area (Å²) in [6, 6.07) is 13.0. The van der Waals surface area contributed by atoms with E-state index in [2.05, 4.69) is 10.2 Å². The van der Waals surface area contributed by atoms with Gasteiger partial charge in [0, 0.05) is 31.1 Å². The van der Waals surface area contributed by atoms with Crippen molar-refractivity contribution < 1.29 is 13.6 Å². The Morgan fingerprint density at radius 3 is 2.50 bits per heavy atom. The molecule has 1 aromatic heterocycles. The highest BCUT2D eigenvalue weighted by Gasteiger charge is 2.21. The van der Waals surface area contributed by atoms with Crippen molar-refractivity contribution in [2.75, 3.05) is 24.5 Å². The van der Waals surface area contributed by atoms with Gasteiger partial charge in [-0.25, -0.2) is 13.8 Å². The molecule has 0 bridgehead atoms. The first-order valence-electron chi connectivity index (χ1n) is 9.48. The van der Waals surface area contributed by atoms with Crippen molar-refractivity contribution in [1.29, 1.82) is 0 Å². The fraction of sp³-hybridized carbons (Fsp3) is 0.273. The molecule has 1 aliphatic heterocycles. The normalized spacial score (nSPS) is 13.9. The fourth-order valence-electron chi connectivity index (χ4n) is 3.61. The highest BCUT2D eigenvalue weighted by Crippen LogP contribution is 2.26. The lowest BCUT2D eigenvalue weighted by Gasteiger charge is -2.20. The summed E-state index contributed by atoms with van der Waals surface area (Å²) < 4.78 is 26.6. The number of anilines is 1. The molecule has 144 valence electrons. The number of nitrogens with zero attached hydrogens (tertiary/aromatic N) is 2. The molecule has 1 fully saturated rings. The third kappa shape index (κ3) is 3.96. The number of rotatable bonds is 5. The smallest absolute Gasteiger partial charge is 0.255 e. The van der Waals surface area contributed by atoms with Gasteiger partial charge in [-0.05, 0) is 49.1 Å². The van der Waals surface area contributed by atoms with Crippen LogP contribution in [0.25, 0.3) is 10.9 Å². The molecule has 0 spiro atoms. The molecule has 4 nitrogen and oxygen atoms in total. The minimum Gasteiger partial charge on any atom is -0.356 e. The van der Waals surface area contributed by atoms with Crippen LogP contribution in [0, 0.1) is 11.6 Å². The third-order valence-corrected chi connectivity index (χ3v) is 4.98. The van der Waals surface area contributed by atoms with E-state index in [1.54, 1.807) is 0 Å². The standard InChI is InChI=1S/C22H21F2N3O/c23-17-11-15(12-18(24)14-17)7-8-25-22(28)19-13-16-5-1-2-6-20(16)26-21(19)27-9-3-4-10-27/h1-2,5-6,11-14H,3-4,7-10H2,(H,25,28). The second-order valence-electron chi connectivity index (χ2n) is 7.03. The van der Waals surface area contributed by atoms with Crippen LogP contribution in [0.5, 0.6) is 0 Å². The zero-order valence-electron chi connectivity index (χ0n) is 15.4. The summed E-state index contributed by atoms with van der Waals surface area (Å²) in [7, 11) is 0. The Morgan fingerprint density at radius 1 is 1.04 bits per heavy atom. The molecular formula is C22H21F2N3O. The van der Waals surface area contributed by atoms with Crippen molar-refractivity contribution in [3.63, 3.8) is 0 Å². The van der Waals surface area contributed by atoms with E-state index in [1.165, 1.54) is 12.1 Å². The first-order valence-corrected chi connectivity index (χ1v) is 9.48. The number of benzene rings is 2. The van der Waals surface area contributed by atoms with E-state index in [1.807, 2.05) is 30.3 Å². The molecule has 4 rings (SSSR count). The molecule has 0 saturated carbocycles. The number of nitrogens with one attached hydrogen (secondary N) is 1. The van der Waals surface area contributed by atoms with Crippen LogP contribution < -0.4 is 10.2 Å². The van der Waals surface area contributed by atoms with Gasteiger partial charge < -0.3 is 10.2 Å². The molecule has 0 radical (unpaired) electrons. The van der Waals surface area contributed by atoms with Gasteiger partial charge in [-0.3, -0.25) is 4.79 Å². The van der Waals surface area contributed by atoms with Crippen molar-refractivity contribution in [3.8, 4) is 0 Å². The second-order valence-corrected chi connectivity index (χ2v) is 7.03. The van der Waals surface area contributed by atoms with Crippen LogP contribution >= 0.6 is 0 Å². The topological polar surface area (TPSA) is 45.2 Å². The maximum absolute atomic E-state index is 13.3. The van der Waals surface area contributed by atoms with E-state index < -0.39 is 11.6 Å². The molecule has 2 heterocycles. The SMILES string of the molecule is O=C(NCCc1cc(F)cc(F)c1)c1cc2ccccc2nc1N1CCCC1. The van der Waals surface area contributed by atoms with Gasteiger partial charge in [-0.15, -0.1) is 0 Å². The minimum absolute atomic E-state index is 0.225. The number of halogens is 2. The van der Waals surface area contributed by atoms with Gasteiger partial charge in [0.2, 0.25) is 0 Å². The number of pyridine rings is 1. The predicted molar refractivity (Wildman–Crippen MR) is 106 cm³/mol. The van der Waals surface area contributed by atoms with Gasteiger partial charge in [0.1, 0.15) is 17.5 Å². The molecule has 2 aromatic carbocycles. The lowest BCUT2D eigenvalue weighted by Crippen LogP contribution is -2.29. The highest BCUT2D eigenvalue weighted by molar-refractivity contribution is 6.02. The number of para-hydroxylation sites is 1. The number of hydrogen-bond acceptors (Lipinski definition) is 3. The summed E-state index contributed by atoms with van der Waals surface area (Å²) in [5.74, 6) is -0.754. The van der Waals surface area contributed by atoms with Gasteiger partial charge in [0.05, 0.1) is 11.1 Å². The van der Waals surface area contributed by atoms with Crippen LogP contribution in [0.15, 0.2) is 48.5 Å². The average Bonchev–Trinajstić information content (AvgIpc) is 3.21. The highest BCUT2D eigenvalue weighted by atomic mass is 19.1. The van der Waals surface area contributed by atoms with Crippen LogP contribution in [0.3, 0.4) is 0 Å². The predicted octanol–water partition coefficient (Wildman–Crippen LogP) is 4.09. The van der Waals surface area contributed by atoms with Crippen LogP contribution in [0.1, 0.15) is 28.8 Å². The third-order valence-electron chi connectivity index (χ3n) is 4.98. The molecule has 6 heteroatoms. The van der Waals surface area contributed by atoms with Crippen molar-refractivity contribution >= 4 is 22.6 Å². The quantitative estimate of drug-likeness (QED) is 0.724. The Kier molecular flexibility index (Phi) is 5.19. The molecule has 1 aliphatic rings. The zero-order valence-corrected chi connectivity index (χ0v) is 15.4. The van der Waals surface area contributed by atoms with Gasteiger partial charge in [-0.2, -0.15) is 0 Å². The van der Waals surface area contributed by atoms with Crippen molar-refractivity contribution in [2.24, 2.45) is 0 Å². The lowest BCUT2D eigenvalue weighted by molar-refractivity contribution is 0.0954. The molecule has 0 aliphatic carbocycles. The number of carbonyl (C=O) groups is 1. The summed E-state index contributed by atoms with van der Waals surface area (Å²) in [6.45, 7) is 2.05. The molecular weight excluding hydrogens is 360 g/mol. The van der Waals surface area contributed by atoms with Crippen LogP contribution in [-0.4, -0.2) is 30.5 Å². The van der Waals surface area contributed by atoms with Crippen LogP contribution in [-0.2, 0) is 6.42 Å². The van der Waals surface area contributed by atoms with E-state index in [9.17, 15) is 13.6 Å². The molecule has 3 aromatic rings. The first kappa shape index (κ1) is 18.3. The lowest BCUT2D eigenvalue weighted by atomic mass is 10.1. The van der Waals surface area contributed by atoms with Crippen LogP contribution in [0.2, 0.25) is 0 Å². The minimum atomic E-state index is -0.614. The number of hydrogen-bond donors (Lipinski definition) is 1. The van der Waals surface area contributed by atoms with Crippen LogP contribution in [0.4, 0.5) is 14.6 Å². The van der Waals surface area contributed by atoms with Gasteiger partial charge in [0.25, 0.3) is 5.91 Å². The van der Waals surface area contributed by atoms with E-state index in [4.69, 9.17) is 4.98 Å². The van der Waals surface area contributed by atoms with E-state index >= 15 is 0 Å². The Morgan fingerprint density at radius 2 is 1.75 bits per heavy atom. The summed E-state index contributed by atoms with van der Waals surface area (Å²) in [4.78, 5) is 19.7. The van der Waals surface area contributed by atoms with Gasteiger partial charge >= 0.3 is 0 Å². The molecule has 0 atom stereocenters. The summed E-state index contributed by atoms with van der Waals surface area (Å²) in [5.41, 5.74) is 1.90. The Bertz CT molecular complexity index is 996. The van der Waals surface area contributed by atoms with E-state index in [0.29, 0.717) is 23.4 Å². The number of fused-ring (bicyclic) bond motifs is 1. The van der Waals surface area contributed by atoms with Gasteiger partial charge in [0.15, 0.2) is 0 Å². The summed E-state index contributed by atoms with van der Waals surface area (Å²) in [6.07, 6.45) is 2.52. The second kappa shape index (κ2) is 7.92. The van der Waals surface area contributed by atoms with Crippen molar-refractivity contribution in [1.82, 2.24) is 10.3 Å². The molecule has 1 N–H and O–H groups in total. The summed E-state index contributed by atoms with van der Waals surface area (Å²) >= 11 is 0. The van der Waals surface area contributed by atoms with Crippen molar-refractivity contribution in [2.45, 2.75) is 19.3 Å². The summed E-state index contributed by atoms with van der Waals surface area (Å²) in [5, 5.41) is 3.77. The largest absolute Gasteiger partial charge is 0.356 e. The fourth-order valence-corrected chi connectivity index (χ4v) is 3.61. The Labute approximate surface area is 162 Å². The number of amides is 1.